The first-order valence-electron chi connectivity index (χ1n) is 8.51. The molecule has 3 nitrogen and oxygen atoms in total. The Hall–Kier alpha value is -1.51. The number of fused-ring (bicyclic) bond motifs is 1. The van der Waals surface area contributed by atoms with E-state index < -0.39 is 0 Å². The number of amides is 1. The molecule has 0 aromatic heterocycles. The number of anilines is 1. The molecule has 0 fully saturated rings. The summed E-state index contributed by atoms with van der Waals surface area (Å²) in [5.74, 6) is 0.906. The van der Waals surface area contributed by atoms with Gasteiger partial charge in [-0.1, -0.05) is 40.7 Å². The van der Waals surface area contributed by atoms with Gasteiger partial charge in [0, 0.05) is 18.2 Å². The molecular weight excluding hydrogens is 286 g/mol. The predicted octanol–water partition coefficient (Wildman–Crippen LogP) is 5.19. The van der Waals surface area contributed by atoms with Crippen LogP contribution in [-0.2, 0) is 11.2 Å². The predicted molar refractivity (Wildman–Crippen MR) is 96.0 cm³/mol. The van der Waals surface area contributed by atoms with Gasteiger partial charge in [-0.2, -0.15) is 0 Å². The number of ether oxygens (including phenoxy) is 1. The highest BCUT2D eigenvalue weighted by Crippen LogP contribution is 2.44. The van der Waals surface area contributed by atoms with E-state index in [9.17, 15) is 4.79 Å². The average Bonchev–Trinajstić information content (AvgIpc) is 2.34. The molecule has 128 valence electrons. The molecule has 0 bridgehead atoms. The van der Waals surface area contributed by atoms with E-state index in [0.717, 1.165) is 24.3 Å². The van der Waals surface area contributed by atoms with Gasteiger partial charge in [0.25, 0.3) is 0 Å². The largest absolute Gasteiger partial charge is 0.488 e. The molecule has 1 N–H and O–H groups in total. The van der Waals surface area contributed by atoms with Crippen LogP contribution in [0, 0.1) is 10.8 Å². The van der Waals surface area contributed by atoms with E-state index in [1.807, 2.05) is 12.1 Å². The minimum Gasteiger partial charge on any atom is -0.488 e. The smallest absolute Gasteiger partial charge is 0.224 e. The molecule has 0 atom stereocenters. The van der Waals surface area contributed by atoms with Gasteiger partial charge in [-0.05, 0) is 49.1 Å². The lowest BCUT2D eigenvalue weighted by molar-refractivity contribution is -0.116. The topological polar surface area (TPSA) is 38.3 Å². The fourth-order valence-electron chi connectivity index (χ4n) is 3.10. The SMILES string of the molecule is CC(C)(CC(C)(C)C(C)(C)C)Oc1ccc2c(c1)NC(=O)CC2. The van der Waals surface area contributed by atoms with Crippen molar-refractivity contribution in [2.45, 2.75) is 73.3 Å². The number of hydrogen-bond donors (Lipinski definition) is 1. The molecule has 0 saturated carbocycles. The zero-order valence-corrected chi connectivity index (χ0v) is 15.7. The minimum atomic E-state index is -0.274. The summed E-state index contributed by atoms with van der Waals surface area (Å²) < 4.78 is 6.28. The number of carbonyl (C=O) groups excluding carboxylic acids is 1. The Morgan fingerprint density at radius 3 is 2.30 bits per heavy atom. The summed E-state index contributed by atoms with van der Waals surface area (Å²) in [7, 11) is 0. The van der Waals surface area contributed by atoms with E-state index in [1.54, 1.807) is 0 Å². The first-order chi connectivity index (χ1) is 10.4. The second kappa shape index (κ2) is 5.85. The summed E-state index contributed by atoms with van der Waals surface area (Å²) in [6.07, 6.45) is 2.33. The second-order valence-electron chi connectivity index (χ2n) is 9.04. The van der Waals surface area contributed by atoms with Crippen molar-refractivity contribution in [2.75, 3.05) is 5.32 Å². The molecule has 0 aliphatic carbocycles. The highest BCUT2D eigenvalue weighted by molar-refractivity contribution is 5.94. The molecule has 0 spiro atoms. The van der Waals surface area contributed by atoms with Gasteiger partial charge in [-0.25, -0.2) is 0 Å². The van der Waals surface area contributed by atoms with E-state index in [1.165, 1.54) is 5.56 Å². The maximum Gasteiger partial charge on any atom is 0.224 e. The van der Waals surface area contributed by atoms with Gasteiger partial charge in [0.15, 0.2) is 0 Å². The molecule has 1 aliphatic rings. The third kappa shape index (κ3) is 4.27. The first kappa shape index (κ1) is 17.8. The Kier molecular flexibility index (Phi) is 4.53. The van der Waals surface area contributed by atoms with Gasteiger partial charge in [-0.3, -0.25) is 4.79 Å². The van der Waals surface area contributed by atoms with Gasteiger partial charge in [0.2, 0.25) is 5.91 Å². The summed E-state index contributed by atoms with van der Waals surface area (Å²) in [5, 5.41) is 2.94. The van der Waals surface area contributed by atoms with Crippen LogP contribution in [0.5, 0.6) is 5.75 Å². The van der Waals surface area contributed by atoms with Crippen LogP contribution in [0.2, 0.25) is 0 Å². The average molecular weight is 317 g/mol. The van der Waals surface area contributed by atoms with Crippen LogP contribution in [0.4, 0.5) is 5.69 Å². The van der Waals surface area contributed by atoms with Gasteiger partial charge in [0.05, 0.1) is 0 Å². The zero-order valence-electron chi connectivity index (χ0n) is 15.7. The summed E-state index contributed by atoms with van der Waals surface area (Å²) >= 11 is 0. The molecular formula is C20H31NO2. The molecule has 0 unspecified atom stereocenters. The fourth-order valence-corrected chi connectivity index (χ4v) is 3.10. The van der Waals surface area contributed by atoms with Crippen molar-refractivity contribution in [3.8, 4) is 5.75 Å². The van der Waals surface area contributed by atoms with Crippen molar-refractivity contribution < 1.29 is 9.53 Å². The Bertz CT molecular complexity index is 594. The van der Waals surface area contributed by atoms with E-state index in [4.69, 9.17) is 4.74 Å². The van der Waals surface area contributed by atoms with E-state index in [-0.39, 0.29) is 22.3 Å². The molecule has 0 saturated heterocycles. The summed E-state index contributed by atoms with van der Waals surface area (Å²) in [5.41, 5.74) is 2.16. The number of benzene rings is 1. The van der Waals surface area contributed by atoms with Crippen molar-refractivity contribution >= 4 is 11.6 Å². The van der Waals surface area contributed by atoms with Crippen molar-refractivity contribution in [1.82, 2.24) is 0 Å². The maximum atomic E-state index is 11.6. The number of hydrogen-bond acceptors (Lipinski definition) is 2. The van der Waals surface area contributed by atoms with Gasteiger partial charge in [0.1, 0.15) is 11.4 Å². The quantitative estimate of drug-likeness (QED) is 0.829. The highest BCUT2D eigenvalue weighted by atomic mass is 16.5. The standard InChI is InChI=1S/C20H31NO2/c1-18(2,3)19(4,5)13-20(6,7)23-15-10-8-14-9-11-17(22)21-16(14)12-15/h8,10,12H,9,11,13H2,1-7H3,(H,21,22). The van der Waals surface area contributed by atoms with E-state index >= 15 is 0 Å². The van der Waals surface area contributed by atoms with E-state index in [0.29, 0.717) is 6.42 Å². The number of aryl methyl sites for hydroxylation is 1. The lowest BCUT2D eigenvalue weighted by Crippen LogP contribution is -2.40. The van der Waals surface area contributed by atoms with Crippen LogP contribution >= 0.6 is 0 Å². The number of rotatable bonds is 4. The van der Waals surface area contributed by atoms with Crippen LogP contribution in [0.1, 0.15) is 66.9 Å². The first-order valence-corrected chi connectivity index (χ1v) is 8.51. The monoisotopic (exact) mass is 317 g/mol. The molecule has 0 radical (unpaired) electrons. The Morgan fingerprint density at radius 1 is 1.04 bits per heavy atom. The van der Waals surface area contributed by atoms with Crippen molar-refractivity contribution in [3.05, 3.63) is 23.8 Å². The minimum absolute atomic E-state index is 0.0859. The Labute approximate surface area is 140 Å². The molecule has 1 amide bonds. The van der Waals surface area contributed by atoms with Crippen molar-refractivity contribution in [2.24, 2.45) is 10.8 Å². The highest BCUT2D eigenvalue weighted by Gasteiger charge is 2.38. The Morgan fingerprint density at radius 2 is 1.70 bits per heavy atom. The normalized spacial score (nSPS) is 15.9. The molecule has 1 aromatic carbocycles. The number of nitrogens with one attached hydrogen (secondary N) is 1. The Balaban J connectivity index is 2.15. The van der Waals surface area contributed by atoms with Gasteiger partial charge >= 0.3 is 0 Å². The maximum absolute atomic E-state index is 11.6. The van der Waals surface area contributed by atoms with E-state index in [2.05, 4.69) is 59.8 Å². The lowest BCUT2D eigenvalue weighted by atomic mass is 9.64. The molecule has 2 rings (SSSR count). The third-order valence-corrected chi connectivity index (χ3v) is 5.27. The van der Waals surface area contributed by atoms with Crippen LogP contribution in [0.25, 0.3) is 0 Å². The van der Waals surface area contributed by atoms with Crippen LogP contribution in [0.3, 0.4) is 0 Å². The van der Waals surface area contributed by atoms with Crippen LogP contribution in [-0.4, -0.2) is 11.5 Å². The van der Waals surface area contributed by atoms with Crippen molar-refractivity contribution in [1.29, 1.82) is 0 Å². The fraction of sp³-hybridized carbons (Fsp3) is 0.650. The molecule has 3 heteroatoms. The summed E-state index contributed by atoms with van der Waals surface area (Å²) in [6.45, 7) is 15.7. The van der Waals surface area contributed by atoms with Gasteiger partial charge in [-0.15, -0.1) is 0 Å². The summed E-state index contributed by atoms with van der Waals surface area (Å²) in [4.78, 5) is 11.6. The lowest BCUT2D eigenvalue weighted by Gasteiger charge is -2.44. The third-order valence-electron chi connectivity index (χ3n) is 5.27. The molecule has 1 aromatic rings. The zero-order chi connectivity index (χ0) is 17.5. The van der Waals surface area contributed by atoms with Gasteiger partial charge < -0.3 is 10.1 Å². The molecule has 23 heavy (non-hydrogen) atoms. The number of carbonyl (C=O) groups is 1. The molecule has 1 aliphatic heterocycles. The molecule has 1 heterocycles. The van der Waals surface area contributed by atoms with Crippen LogP contribution in [0.15, 0.2) is 18.2 Å². The van der Waals surface area contributed by atoms with Crippen molar-refractivity contribution in [3.63, 3.8) is 0 Å². The van der Waals surface area contributed by atoms with Crippen LogP contribution < -0.4 is 10.1 Å². The summed E-state index contributed by atoms with van der Waals surface area (Å²) in [6, 6.07) is 6.04. The second-order valence-corrected chi connectivity index (χ2v) is 9.04.